The van der Waals surface area contributed by atoms with Crippen LogP contribution in [0.4, 0.5) is 11.5 Å². The van der Waals surface area contributed by atoms with Crippen LogP contribution in [0.25, 0.3) is 0 Å². The van der Waals surface area contributed by atoms with Crippen molar-refractivity contribution in [2.75, 3.05) is 50.1 Å². The van der Waals surface area contributed by atoms with Crippen molar-refractivity contribution in [2.45, 2.75) is 13.8 Å². The predicted molar refractivity (Wildman–Crippen MR) is 113 cm³/mol. The molecule has 0 aliphatic carbocycles. The van der Waals surface area contributed by atoms with Crippen LogP contribution in [0.3, 0.4) is 0 Å². The number of carbonyl (C=O) groups is 2. The fourth-order valence-corrected chi connectivity index (χ4v) is 2.82. The van der Waals surface area contributed by atoms with Crippen LogP contribution in [0.15, 0.2) is 36.8 Å². The average Bonchev–Trinajstić information content (AvgIpc) is 2.76. The molecule has 0 saturated carbocycles. The number of hydrogen-bond acceptors (Lipinski definition) is 7. The molecule has 2 N–H and O–H groups in total. The summed E-state index contributed by atoms with van der Waals surface area (Å²) in [6.07, 6.45) is 4.64. The van der Waals surface area contributed by atoms with Crippen LogP contribution < -0.4 is 15.4 Å². The van der Waals surface area contributed by atoms with Crippen LogP contribution in [-0.4, -0.2) is 66.1 Å². The molecule has 1 fully saturated rings. The molecule has 0 spiro atoms. The Kier molecular flexibility index (Phi) is 7.69. The van der Waals surface area contributed by atoms with Gasteiger partial charge in [-0.25, -0.2) is 4.98 Å². The van der Waals surface area contributed by atoms with E-state index in [0.29, 0.717) is 29.4 Å². The lowest BCUT2D eigenvalue weighted by molar-refractivity contribution is -0.118. The van der Waals surface area contributed by atoms with Gasteiger partial charge in [-0.3, -0.25) is 19.5 Å². The van der Waals surface area contributed by atoms with Crippen LogP contribution >= 0.6 is 0 Å². The van der Waals surface area contributed by atoms with Crippen molar-refractivity contribution in [2.24, 2.45) is 5.92 Å². The van der Waals surface area contributed by atoms with E-state index in [1.54, 1.807) is 38.4 Å². The monoisotopic (exact) mass is 413 g/mol. The first-order valence-corrected chi connectivity index (χ1v) is 9.98. The number of hydrogen-bond donors (Lipinski definition) is 2. The summed E-state index contributed by atoms with van der Waals surface area (Å²) in [4.78, 5) is 35.0. The fraction of sp³-hybridized carbons (Fsp3) is 0.429. The van der Waals surface area contributed by atoms with Crippen LogP contribution in [0.2, 0.25) is 0 Å². The maximum absolute atomic E-state index is 12.7. The minimum Gasteiger partial charge on any atom is -0.490 e. The number of morpholine rings is 1. The summed E-state index contributed by atoms with van der Waals surface area (Å²) in [5.74, 6) is 0.187. The molecule has 0 atom stereocenters. The first-order chi connectivity index (χ1) is 14.5. The lowest BCUT2D eigenvalue weighted by Gasteiger charge is -2.26. The topological polar surface area (TPSA) is 106 Å². The molecule has 2 amide bonds. The molecule has 9 heteroatoms. The standard InChI is InChI=1S/C21H27N5O4/c1-15(2)20(27)25-19-13-16(3-6-23-19)21(28)24-17-14-22-5-4-18(17)30-12-9-26-7-10-29-11-8-26/h3-6,13-15H,7-12H2,1-2H3,(H,24,28)(H,23,25,27). The summed E-state index contributed by atoms with van der Waals surface area (Å²) in [6.45, 7) is 8.10. The molecule has 1 aliphatic rings. The third-order valence-corrected chi connectivity index (χ3v) is 4.60. The summed E-state index contributed by atoms with van der Waals surface area (Å²) in [5.41, 5.74) is 0.848. The van der Waals surface area contributed by atoms with Crippen LogP contribution in [0, 0.1) is 5.92 Å². The van der Waals surface area contributed by atoms with Gasteiger partial charge in [0.15, 0.2) is 0 Å². The van der Waals surface area contributed by atoms with E-state index in [4.69, 9.17) is 9.47 Å². The van der Waals surface area contributed by atoms with Crippen molar-refractivity contribution in [3.05, 3.63) is 42.4 Å². The second-order valence-corrected chi connectivity index (χ2v) is 7.20. The quantitative estimate of drug-likeness (QED) is 0.682. The van der Waals surface area contributed by atoms with E-state index in [0.717, 1.165) is 32.8 Å². The number of rotatable bonds is 8. The van der Waals surface area contributed by atoms with Gasteiger partial charge < -0.3 is 20.1 Å². The first kappa shape index (κ1) is 21.7. The van der Waals surface area contributed by atoms with E-state index in [-0.39, 0.29) is 17.7 Å². The van der Waals surface area contributed by atoms with Crippen molar-refractivity contribution in [3.63, 3.8) is 0 Å². The Bertz CT molecular complexity index is 868. The van der Waals surface area contributed by atoms with Crippen molar-refractivity contribution in [1.29, 1.82) is 0 Å². The van der Waals surface area contributed by atoms with E-state index >= 15 is 0 Å². The maximum atomic E-state index is 12.7. The van der Waals surface area contributed by atoms with Gasteiger partial charge >= 0.3 is 0 Å². The van der Waals surface area contributed by atoms with Crippen molar-refractivity contribution in [1.82, 2.24) is 14.9 Å². The second-order valence-electron chi connectivity index (χ2n) is 7.20. The number of nitrogens with zero attached hydrogens (tertiary/aromatic N) is 3. The highest BCUT2D eigenvalue weighted by atomic mass is 16.5. The number of amides is 2. The highest BCUT2D eigenvalue weighted by molar-refractivity contribution is 6.05. The Hall–Kier alpha value is -3.04. The van der Waals surface area contributed by atoms with Gasteiger partial charge in [-0.15, -0.1) is 0 Å². The van der Waals surface area contributed by atoms with E-state index in [9.17, 15) is 9.59 Å². The van der Waals surface area contributed by atoms with Gasteiger partial charge in [0.2, 0.25) is 5.91 Å². The predicted octanol–water partition coefficient (Wildman–Crippen LogP) is 2.03. The van der Waals surface area contributed by atoms with Gasteiger partial charge in [0.05, 0.1) is 19.4 Å². The molecule has 1 saturated heterocycles. The number of carbonyl (C=O) groups excluding carboxylic acids is 2. The lowest BCUT2D eigenvalue weighted by Crippen LogP contribution is -2.38. The highest BCUT2D eigenvalue weighted by Gasteiger charge is 2.14. The molecule has 160 valence electrons. The second kappa shape index (κ2) is 10.7. The number of anilines is 2. The van der Waals surface area contributed by atoms with Gasteiger partial charge in [-0.1, -0.05) is 13.8 Å². The highest BCUT2D eigenvalue weighted by Crippen LogP contribution is 2.23. The molecular weight excluding hydrogens is 386 g/mol. The summed E-state index contributed by atoms with van der Waals surface area (Å²) in [7, 11) is 0. The number of aromatic nitrogens is 2. The third kappa shape index (κ3) is 6.23. The van der Waals surface area contributed by atoms with Gasteiger partial charge in [0.1, 0.15) is 23.9 Å². The average molecular weight is 413 g/mol. The van der Waals surface area contributed by atoms with Gasteiger partial charge in [0.25, 0.3) is 5.91 Å². The number of ether oxygens (including phenoxy) is 2. The van der Waals surface area contributed by atoms with E-state index in [1.807, 2.05) is 0 Å². The van der Waals surface area contributed by atoms with Gasteiger partial charge in [-0.05, 0) is 12.1 Å². The summed E-state index contributed by atoms with van der Waals surface area (Å²) in [6, 6.07) is 4.83. The van der Waals surface area contributed by atoms with E-state index < -0.39 is 0 Å². The van der Waals surface area contributed by atoms with Crippen molar-refractivity contribution >= 4 is 23.3 Å². The number of nitrogens with one attached hydrogen (secondary N) is 2. The zero-order valence-electron chi connectivity index (χ0n) is 17.3. The van der Waals surface area contributed by atoms with E-state index in [1.165, 1.54) is 12.3 Å². The van der Waals surface area contributed by atoms with Crippen LogP contribution in [0.5, 0.6) is 5.75 Å². The molecule has 2 aromatic rings. The Balaban J connectivity index is 1.60. The molecule has 3 heterocycles. The zero-order chi connectivity index (χ0) is 21.3. The Morgan fingerprint density at radius 1 is 1.20 bits per heavy atom. The summed E-state index contributed by atoms with van der Waals surface area (Å²) < 4.78 is 11.2. The molecule has 0 radical (unpaired) electrons. The molecule has 0 bridgehead atoms. The molecule has 0 aromatic carbocycles. The SMILES string of the molecule is CC(C)C(=O)Nc1cc(C(=O)Nc2cnccc2OCCN2CCOCC2)ccn1. The van der Waals surface area contributed by atoms with Gasteiger partial charge in [0, 0.05) is 49.6 Å². The minimum absolute atomic E-state index is 0.164. The van der Waals surface area contributed by atoms with Crippen LogP contribution in [-0.2, 0) is 9.53 Å². The molecule has 3 rings (SSSR count). The molecule has 1 aliphatic heterocycles. The maximum Gasteiger partial charge on any atom is 0.255 e. The Morgan fingerprint density at radius 3 is 2.77 bits per heavy atom. The normalized spacial score (nSPS) is 14.4. The molecule has 2 aromatic heterocycles. The molecule has 9 nitrogen and oxygen atoms in total. The minimum atomic E-state index is -0.344. The van der Waals surface area contributed by atoms with Crippen LogP contribution in [0.1, 0.15) is 24.2 Å². The van der Waals surface area contributed by atoms with E-state index in [2.05, 4.69) is 25.5 Å². The van der Waals surface area contributed by atoms with Gasteiger partial charge in [-0.2, -0.15) is 0 Å². The summed E-state index contributed by atoms with van der Waals surface area (Å²) in [5, 5.41) is 5.51. The first-order valence-electron chi connectivity index (χ1n) is 9.98. The fourth-order valence-electron chi connectivity index (χ4n) is 2.82. The molecule has 30 heavy (non-hydrogen) atoms. The Morgan fingerprint density at radius 2 is 2.00 bits per heavy atom. The smallest absolute Gasteiger partial charge is 0.255 e. The number of pyridine rings is 2. The lowest BCUT2D eigenvalue weighted by atomic mass is 10.2. The zero-order valence-corrected chi connectivity index (χ0v) is 17.3. The Labute approximate surface area is 175 Å². The molecule has 0 unspecified atom stereocenters. The molecular formula is C21H27N5O4. The largest absolute Gasteiger partial charge is 0.490 e. The van der Waals surface area contributed by atoms with Crippen molar-refractivity contribution < 1.29 is 19.1 Å². The summed E-state index contributed by atoms with van der Waals surface area (Å²) >= 11 is 0. The van der Waals surface area contributed by atoms with Crippen molar-refractivity contribution in [3.8, 4) is 5.75 Å². The third-order valence-electron chi connectivity index (χ3n) is 4.60.